The molecule has 0 radical (unpaired) electrons. The number of hydrogen-bond acceptors (Lipinski definition) is 3. The van der Waals surface area contributed by atoms with Gasteiger partial charge >= 0.3 is 0 Å². The van der Waals surface area contributed by atoms with E-state index in [4.69, 9.17) is 0 Å². The fourth-order valence-corrected chi connectivity index (χ4v) is 4.54. The number of halogens is 1. The predicted molar refractivity (Wildman–Crippen MR) is 100 cm³/mol. The predicted octanol–water partition coefficient (Wildman–Crippen LogP) is 3.08. The molecular formula is C19H23FN2O3S. The van der Waals surface area contributed by atoms with Gasteiger partial charge in [-0.1, -0.05) is 23.8 Å². The number of hydrogen-bond donors (Lipinski definition) is 1. The van der Waals surface area contributed by atoms with Crippen molar-refractivity contribution in [3.63, 3.8) is 0 Å². The van der Waals surface area contributed by atoms with Crippen molar-refractivity contribution in [2.45, 2.75) is 32.6 Å². The molecule has 0 unspecified atom stereocenters. The number of carbonyl (C=O) groups is 1. The van der Waals surface area contributed by atoms with Crippen LogP contribution in [-0.4, -0.2) is 27.4 Å². The first-order chi connectivity index (χ1) is 12.1. The Morgan fingerprint density at radius 3 is 2.27 bits per heavy atom. The van der Waals surface area contributed by atoms with E-state index < -0.39 is 15.8 Å². The van der Waals surface area contributed by atoms with Crippen molar-refractivity contribution in [2.24, 2.45) is 0 Å². The summed E-state index contributed by atoms with van der Waals surface area (Å²) in [5.41, 5.74) is 2.72. The van der Waals surface area contributed by atoms with E-state index in [1.54, 1.807) is 19.9 Å². The second-order valence-corrected chi connectivity index (χ2v) is 7.98. The lowest BCUT2D eigenvalue weighted by atomic mass is 10.1. The van der Waals surface area contributed by atoms with Crippen molar-refractivity contribution in [3.05, 3.63) is 58.9 Å². The van der Waals surface area contributed by atoms with Gasteiger partial charge in [-0.25, -0.2) is 17.5 Å². The summed E-state index contributed by atoms with van der Waals surface area (Å²) < 4.78 is 41.2. The van der Waals surface area contributed by atoms with Crippen molar-refractivity contribution in [2.75, 3.05) is 18.0 Å². The molecule has 0 heterocycles. The Morgan fingerprint density at radius 1 is 1.12 bits per heavy atom. The SMILES string of the molecule is CC(=O)N(CCNS(=O)(=O)c1c(C)cc(C)cc1C)c1cccc(F)c1. The highest BCUT2D eigenvalue weighted by molar-refractivity contribution is 7.89. The molecular weight excluding hydrogens is 355 g/mol. The molecule has 0 atom stereocenters. The molecule has 0 bridgehead atoms. The number of sulfonamides is 1. The zero-order valence-corrected chi connectivity index (χ0v) is 16.2. The summed E-state index contributed by atoms with van der Waals surface area (Å²) in [7, 11) is -3.71. The third-order valence-electron chi connectivity index (χ3n) is 4.00. The summed E-state index contributed by atoms with van der Waals surface area (Å²) in [6.07, 6.45) is 0. The van der Waals surface area contributed by atoms with Gasteiger partial charge < -0.3 is 4.90 Å². The van der Waals surface area contributed by atoms with Crippen LogP contribution in [0.5, 0.6) is 0 Å². The van der Waals surface area contributed by atoms with Crippen LogP contribution in [0.2, 0.25) is 0 Å². The van der Waals surface area contributed by atoms with Gasteiger partial charge in [0.1, 0.15) is 5.82 Å². The van der Waals surface area contributed by atoms with Crippen LogP contribution >= 0.6 is 0 Å². The number of rotatable bonds is 6. The molecule has 26 heavy (non-hydrogen) atoms. The van der Waals surface area contributed by atoms with Crippen molar-refractivity contribution < 1.29 is 17.6 Å². The van der Waals surface area contributed by atoms with E-state index in [9.17, 15) is 17.6 Å². The largest absolute Gasteiger partial charge is 0.311 e. The van der Waals surface area contributed by atoms with Crippen molar-refractivity contribution in [1.82, 2.24) is 4.72 Å². The summed E-state index contributed by atoms with van der Waals surface area (Å²) in [6, 6.07) is 9.26. The number of aryl methyl sites for hydroxylation is 3. The average molecular weight is 378 g/mol. The molecule has 2 rings (SSSR count). The molecule has 5 nitrogen and oxygen atoms in total. The van der Waals surface area contributed by atoms with Crippen LogP contribution in [0, 0.1) is 26.6 Å². The van der Waals surface area contributed by atoms with Gasteiger partial charge in [0.15, 0.2) is 0 Å². The van der Waals surface area contributed by atoms with Gasteiger partial charge in [-0.2, -0.15) is 0 Å². The highest BCUT2D eigenvalue weighted by atomic mass is 32.2. The van der Waals surface area contributed by atoms with Gasteiger partial charge in [0, 0.05) is 25.7 Å². The lowest BCUT2D eigenvalue weighted by Crippen LogP contribution is -2.38. The first-order valence-electron chi connectivity index (χ1n) is 8.23. The molecule has 0 aliphatic heterocycles. The Kier molecular flexibility index (Phi) is 6.15. The van der Waals surface area contributed by atoms with Crippen LogP contribution < -0.4 is 9.62 Å². The molecule has 0 saturated carbocycles. The maximum Gasteiger partial charge on any atom is 0.241 e. The van der Waals surface area contributed by atoms with Crippen molar-refractivity contribution in [1.29, 1.82) is 0 Å². The fraction of sp³-hybridized carbons (Fsp3) is 0.316. The fourth-order valence-electron chi connectivity index (χ4n) is 3.07. The van der Waals surface area contributed by atoms with Crippen LogP contribution in [0.15, 0.2) is 41.3 Å². The Labute approximate surface area is 153 Å². The minimum atomic E-state index is -3.71. The molecule has 0 saturated heterocycles. The van der Waals surface area contributed by atoms with E-state index in [-0.39, 0.29) is 23.9 Å². The maximum absolute atomic E-state index is 13.4. The van der Waals surface area contributed by atoms with Gasteiger partial charge in [-0.15, -0.1) is 0 Å². The van der Waals surface area contributed by atoms with Crippen LogP contribution in [0.25, 0.3) is 0 Å². The molecule has 0 spiro atoms. The maximum atomic E-state index is 13.4. The summed E-state index contributed by atoms with van der Waals surface area (Å²) in [5.74, 6) is -0.752. The normalized spacial score (nSPS) is 11.4. The molecule has 2 aromatic carbocycles. The van der Waals surface area contributed by atoms with E-state index in [1.165, 1.54) is 30.0 Å². The Hall–Kier alpha value is -2.25. The third-order valence-corrected chi connectivity index (χ3v) is 5.77. The smallest absolute Gasteiger partial charge is 0.241 e. The molecule has 7 heteroatoms. The highest BCUT2D eigenvalue weighted by Crippen LogP contribution is 2.21. The van der Waals surface area contributed by atoms with Gasteiger partial charge in [0.05, 0.1) is 4.90 Å². The zero-order valence-electron chi connectivity index (χ0n) is 15.3. The number of carbonyl (C=O) groups excluding carboxylic acids is 1. The Morgan fingerprint density at radius 2 is 1.73 bits per heavy atom. The lowest BCUT2D eigenvalue weighted by Gasteiger charge is -2.22. The van der Waals surface area contributed by atoms with E-state index >= 15 is 0 Å². The standard InChI is InChI=1S/C19H23FN2O3S/c1-13-10-14(2)19(15(3)11-13)26(24,25)21-8-9-22(16(4)23)18-7-5-6-17(20)12-18/h5-7,10-12,21H,8-9H2,1-4H3. The van der Waals surface area contributed by atoms with Crippen LogP contribution in [0.4, 0.5) is 10.1 Å². The first-order valence-corrected chi connectivity index (χ1v) is 9.71. The molecule has 140 valence electrons. The van der Waals surface area contributed by atoms with Crippen LogP contribution in [0.1, 0.15) is 23.6 Å². The average Bonchev–Trinajstić information content (AvgIpc) is 2.49. The van der Waals surface area contributed by atoms with Crippen molar-refractivity contribution >= 4 is 21.6 Å². The lowest BCUT2D eigenvalue weighted by molar-refractivity contribution is -0.116. The van der Waals surface area contributed by atoms with E-state index in [1.807, 2.05) is 19.1 Å². The summed E-state index contributed by atoms with van der Waals surface area (Å²) in [4.78, 5) is 13.4. The quantitative estimate of drug-likeness (QED) is 0.840. The minimum absolute atomic E-state index is 0.0190. The Bertz CT molecular complexity index is 903. The molecule has 1 N–H and O–H groups in total. The molecule has 1 amide bonds. The van der Waals surface area contributed by atoms with E-state index in [0.717, 1.165) is 5.56 Å². The molecule has 0 aliphatic carbocycles. The molecule has 0 fully saturated rings. The minimum Gasteiger partial charge on any atom is -0.311 e. The van der Waals surface area contributed by atoms with Gasteiger partial charge in [0.2, 0.25) is 15.9 Å². The topological polar surface area (TPSA) is 66.5 Å². The van der Waals surface area contributed by atoms with Crippen LogP contribution in [0.3, 0.4) is 0 Å². The number of amides is 1. The third kappa shape index (κ3) is 4.68. The summed E-state index contributed by atoms with van der Waals surface area (Å²) in [6.45, 7) is 6.89. The second-order valence-electron chi connectivity index (χ2n) is 6.28. The summed E-state index contributed by atoms with van der Waals surface area (Å²) in [5, 5.41) is 0. The molecule has 0 aromatic heterocycles. The number of anilines is 1. The first kappa shape index (κ1) is 20.1. The molecule has 2 aromatic rings. The van der Waals surface area contributed by atoms with E-state index in [0.29, 0.717) is 16.8 Å². The van der Waals surface area contributed by atoms with E-state index in [2.05, 4.69) is 4.72 Å². The van der Waals surface area contributed by atoms with Gasteiger partial charge in [-0.3, -0.25) is 4.79 Å². The number of benzene rings is 2. The summed E-state index contributed by atoms with van der Waals surface area (Å²) >= 11 is 0. The monoisotopic (exact) mass is 378 g/mol. The van der Waals surface area contributed by atoms with Crippen molar-refractivity contribution in [3.8, 4) is 0 Å². The second kappa shape index (κ2) is 7.97. The van der Waals surface area contributed by atoms with Gasteiger partial charge in [0.25, 0.3) is 0 Å². The number of nitrogens with one attached hydrogen (secondary N) is 1. The highest BCUT2D eigenvalue weighted by Gasteiger charge is 2.20. The van der Waals surface area contributed by atoms with Gasteiger partial charge in [-0.05, 0) is 50.1 Å². The molecule has 0 aliphatic rings. The Balaban J connectivity index is 2.15. The zero-order chi connectivity index (χ0) is 19.5. The number of nitrogens with zero attached hydrogens (tertiary/aromatic N) is 1. The van der Waals surface area contributed by atoms with Crippen LogP contribution in [-0.2, 0) is 14.8 Å².